The molecule has 0 bridgehead atoms. The molecule has 2 atom stereocenters. The Morgan fingerprint density at radius 1 is 0.943 bits per heavy atom. The fraction of sp³-hybridized carbons (Fsp3) is 0.280. The van der Waals surface area contributed by atoms with Crippen molar-refractivity contribution in [2.45, 2.75) is 37.9 Å². The molecule has 2 aromatic carbocycles. The summed E-state index contributed by atoms with van der Waals surface area (Å²) in [5.74, 6) is -2.09. The summed E-state index contributed by atoms with van der Waals surface area (Å²) in [5.41, 5.74) is 2.08. The van der Waals surface area contributed by atoms with Crippen LogP contribution in [0.3, 0.4) is 0 Å². The molecule has 2 amide bonds. The number of rotatable bonds is 13. The van der Waals surface area contributed by atoms with Crippen LogP contribution in [0.4, 0.5) is 0 Å². The molecule has 0 aliphatic rings. The van der Waals surface area contributed by atoms with Crippen LogP contribution in [0, 0.1) is 0 Å². The molecular formula is C25H29BN4O5. The summed E-state index contributed by atoms with van der Waals surface area (Å²) in [4.78, 5) is 33.4. The van der Waals surface area contributed by atoms with Crippen molar-refractivity contribution in [3.05, 3.63) is 96.1 Å². The summed E-state index contributed by atoms with van der Waals surface area (Å²) < 4.78 is 5.68. The zero-order valence-electron chi connectivity index (χ0n) is 19.3. The van der Waals surface area contributed by atoms with Crippen molar-refractivity contribution in [1.82, 2.24) is 20.6 Å². The normalized spacial score (nSPS) is 12.4. The highest BCUT2D eigenvalue weighted by atomic mass is 16.5. The molecule has 9 nitrogen and oxygen atoms in total. The number of benzene rings is 2. The largest absolute Gasteiger partial charge is 0.475 e. The Balaban J connectivity index is 1.61. The minimum Gasteiger partial charge on any atom is -0.426 e. The molecule has 0 saturated carbocycles. The Kier molecular flexibility index (Phi) is 10.4. The van der Waals surface area contributed by atoms with Gasteiger partial charge in [0.05, 0.1) is 25.4 Å². The topological polar surface area (TPSA) is 134 Å². The average molecular weight is 476 g/mol. The first-order valence-corrected chi connectivity index (χ1v) is 11.4. The molecule has 1 aromatic heterocycles. The number of nitrogens with zero attached hydrogens (tertiary/aromatic N) is 2. The molecule has 0 fully saturated rings. The number of hydrogen-bond donors (Lipinski definition) is 4. The van der Waals surface area contributed by atoms with Gasteiger partial charge in [0.15, 0.2) is 0 Å². The highest BCUT2D eigenvalue weighted by Crippen LogP contribution is 2.08. The van der Waals surface area contributed by atoms with E-state index in [9.17, 15) is 19.6 Å². The molecule has 3 rings (SSSR count). The number of carbonyl (C=O) groups is 2. The van der Waals surface area contributed by atoms with Gasteiger partial charge in [-0.3, -0.25) is 14.6 Å². The summed E-state index contributed by atoms with van der Waals surface area (Å²) in [6.45, 7) is 0.125. The van der Waals surface area contributed by atoms with E-state index in [1.807, 2.05) is 60.7 Å². The zero-order chi connectivity index (χ0) is 24.9. The van der Waals surface area contributed by atoms with Crippen LogP contribution in [0.2, 0.25) is 0 Å². The van der Waals surface area contributed by atoms with E-state index in [4.69, 9.17) is 4.74 Å². The maximum Gasteiger partial charge on any atom is 0.475 e. The first kappa shape index (κ1) is 26.0. The summed E-state index contributed by atoms with van der Waals surface area (Å²) in [5, 5.41) is 24.9. The lowest BCUT2D eigenvalue weighted by molar-refractivity contribution is -0.125. The lowest BCUT2D eigenvalue weighted by Gasteiger charge is -2.23. The van der Waals surface area contributed by atoms with Gasteiger partial charge in [0.25, 0.3) is 5.91 Å². The van der Waals surface area contributed by atoms with Crippen LogP contribution in [0.15, 0.2) is 79.3 Å². The second-order valence-electron chi connectivity index (χ2n) is 8.02. The third-order valence-electron chi connectivity index (χ3n) is 5.32. The molecule has 0 aliphatic heterocycles. The van der Waals surface area contributed by atoms with E-state index in [1.54, 1.807) is 0 Å². The van der Waals surface area contributed by atoms with Crippen molar-refractivity contribution in [1.29, 1.82) is 0 Å². The van der Waals surface area contributed by atoms with Crippen LogP contribution in [-0.4, -0.2) is 57.5 Å². The van der Waals surface area contributed by atoms with Gasteiger partial charge in [-0.25, -0.2) is 4.98 Å². The summed E-state index contributed by atoms with van der Waals surface area (Å²) >= 11 is 0. The monoisotopic (exact) mass is 476 g/mol. The van der Waals surface area contributed by atoms with Gasteiger partial charge in [-0.15, -0.1) is 0 Å². The third-order valence-corrected chi connectivity index (χ3v) is 5.32. The van der Waals surface area contributed by atoms with Gasteiger partial charge >= 0.3 is 7.12 Å². The fourth-order valence-corrected chi connectivity index (χ4v) is 3.45. The van der Waals surface area contributed by atoms with Crippen molar-refractivity contribution < 1.29 is 24.4 Å². The number of aryl methyl sites for hydroxylation is 1. The smallest absolute Gasteiger partial charge is 0.426 e. The van der Waals surface area contributed by atoms with E-state index in [0.717, 1.165) is 17.5 Å². The van der Waals surface area contributed by atoms with Gasteiger partial charge in [0, 0.05) is 12.4 Å². The summed E-state index contributed by atoms with van der Waals surface area (Å²) in [6, 6.07) is 18.1. The van der Waals surface area contributed by atoms with Crippen LogP contribution < -0.4 is 10.6 Å². The Hall–Kier alpha value is -3.60. The molecule has 3 aromatic rings. The summed E-state index contributed by atoms with van der Waals surface area (Å²) in [6.07, 6.45) is 5.81. The Labute approximate surface area is 204 Å². The van der Waals surface area contributed by atoms with Gasteiger partial charge < -0.3 is 25.4 Å². The number of nitrogens with one attached hydrogen (secondary N) is 2. The molecule has 0 saturated heterocycles. The molecule has 1 heterocycles. The average Bonchev–Trinajstić information content (AvgIpc) is 2.89. The van der Waals surface area contributed by atoms with E-state index in [1.165, 1.54) is 18.6 Å². The molecular weight excluding hydrogens is 447 g/mol. The highest BCUT2D eigenvalue weighted by molar-refractivity contribution is 6.43. The molecule has 0 spiro atoms. The number of carbonyl (C=O) groups excluding carboxylic acids is 2. The van der Waals surface area contributed by atoms with Crippen molar-refractivity contribution in [2.75, 3.05) is 6.61 Å². The molecule has 2 unspecified atom stereocenters. The van der Waals surface area contributed by atoms with Crippen LogP contribution in [0.25, 0.3) is 0 Å². The van der Waals surface area contributed by atoms with Gasteiger partial charge in [0.2, 0.25) is 5.91 Å². The van der Waals surface area contributed by atoms with Crippen LogP contribution in [0.5, 0.6) is 0 Å². The van der Waals surface area contributed by atoms with Gasteiger partial charge in [-0.05, 0) is 30.4 Å². The number of amides is 2. The molecule has 0 radical (unpaired) electrons. The molecule has 10 heteroatoms. The Morgan fingerprint density at radius 3 is 2.26 bits per heavy atom. The lowest BCUT2D eigenvalue weighted by Crippen LogP contribution is -2.55. The fourth-order valence-electron chi connectivity index (χ4n) is 3.45. The van der Waals surface area contributed by atoms with Crippen LogP contribution in [0.1, 0.15) is 34.5 Å². The van der Waals surface area contributed by atoms with E-state index < -0.39 is 30.9 Å². The van der Waals surface area contributed by atoms with E-state index >= 15 is 0 Å². The maximum absolute atomic E-state index is 13.0. The molecule has 4 N–H and O–H groups in total. The quantitative estimate of drug-likeness (QED) is 0.274. The Morgan fingerprint density at radius 2 is 1.63 bits per heavy atom. The zero-order valence-corrected chi connectivity index (χ0v) is 19.3. The molecule has 35 heavy (non-hydrogen) atoms. The SMILES string of the molecule is O=C(NC(COCc1ccccc1)C(=O)NC(CCCc1ccccc1)B(O)O)c1cnccn1. The molecule has 0 aliphatic carbocycles. The van der Waals surface area contributed by atoms with Crippen molar-refractivity contribution in [3.8, 4) is 0 Å². The first-order valence-electron chi connectivity index (χ1n) is 11.4. The Bertz CT molecular complexity index is 1040. The van der Waals surface area contributed by atoms with Crippen LogP contribution in [-0.2, 0) is 22.6 Å². The van der Waals surface area contributed by atoms with Crippen molar-refractivity contribution in [2.24, 2.45) is 0 Å². The third kappa shape index (κ3) is 8.93. The second-order valence-corrected chi connectivity index (χ2v) is 8.02. The van der Waals surface area contributed by atoms with Gasteiger partial charge in [-0.2, -0.15) is 0 Å². The number of aromatic nitrogens is 2. The van der Waals surface area contributed by atoms with Crippen LogP contribution >= 0.6 is 0 Å². The molecule has 182 valence electrons. The summed E-state index contributed by atoms with van der Waals surface area (Å²) in [7, 11) is -1.75. The van der Waals surface area contributed by atoms with Crippen molar-refractivity contribution >= 4 is 18.9 Å². The lowest BCUT2D eigenvalue weighted by atomic mass is 9.76. The van der Waals surface area contributed by atoms with Gasteiger partial charge in [-0.1, -0.05) is 60.7 Å². The first-order chi connectivity index (χ1) is 17.0. The minimum atomic E-state index is -1.75. The van der Waals surface area contributed by atoms with E-state index in [0.29, 0.717) is 12.8 Å². The standard InChI is InChI=1S/C25H29BN4O5/c31-24(21-16-27-14-15-28-21)29-22(18-35-17-20-10-5-2-6-11-20)25(32)30-23(26(33)34)13-7-12-19-8-3-1-4-9-19/h1-6,8-11,14-16,22-23,33-34H,7,12-13,17-18H2,(H,29,31)(H,30,32). The maximum atomic E-state index is 13.0. The highest BCUT2D eigenvalue weighted by Gasteiger charge is 2.29. The predicted molar refractivity (Wildman–Crippen MR) is 131 cm³/mol. The number of hydrogen-bond acceptors (Lipinski definition) is 7. The van der Waals surface area contributed by atoms with Gasteiger partial charge in [0.1, 0.15) is 11.7 Å². The van der Waals surface area contributed by atoms with Crippen molar-refractivity contribution in [3.63, 3.8) is 0 Å². The van der Waals surface area contributed by atoms with E-state index in [2.05, 4.69) is 20.6 Å². The second kappa shape index (κ2) is 14.0. The minimum absolute atomic E-state index is 0.0509. The predicted octanol–water partition coefficient (Wildman–Crippen LogP) is 1.31. The number of ether oxygens (including phenoxy) is 1. The van der Waals surface area contributed by atoms with E-state index in [-0.39, 0.29) is 18.9 Å².